The molecular formula is C45H58ClN5O10. The summed E-state index contributed by atoms with van der Waals surface area (Å²) in [5.41, 5.74) is 2.12. The van der Waals surface area contributed by atoms with Gasteiger partial charge in [-0.25, -0.2) is 9.48 Å². The summed E-state index contributed by atoms with van der Waals surface area (Å²) in [7, 11) is 1.50. The summed E-state index contributed by atoms with van der Waals surface area (Å²) in [6.07, 6.45) is 4.85. The molecule has 0 unspecified atom stereocenters. The second-order valence-corrected chi connectivity index (χ2v) is 17.4. The van der Waals surface area contributed by atoms with Gasteiger partial charge in [0.05, 0.1) is 35.9 Å². The second kappa shape index (κ2) is 21.5. The highest BCUT2D eigenvalue weighted by molar-refractivity contribution is 6.32. The minimum atomic E-state index is -1.24. The van der Waals surface area contributed by atoms with Crippen molar-refractivity contribution in [2.45, 2.75) is 110 Å². The molecular weight excluding hydrogens is 806 g/mol. The van der Waals surface area contributed by atoms with Gasteiger partial charge in [0, 0.05) is 38.6 Å². The number of carbonyl (C=O) groups is 5. The molecule has 3 aromatic rings. The van der Waals surface area contributed by atoms with E-state index < -0.39 is 53.4 Å². The Morgan fingerprint density at radius 1 is 1.07 bits per heavy atom. The maximum Gasteiger partial charge on any atom is 0.347 e. The molecule has 16 heteroatoms. The number of aryl methyl sites for hydroxylation is 1. The zero-order valence-electron chi connectivity index (χ0n) is 35.7. The fourth-order valence-corrected chi connectivity index (χ4v) is 7.81. The van der Waals surface area contributed by atoms with Crippen molar-refractivity contribution in [2.75, 3.05) is 20.3 Å². The fraction of sp³-hybridized carbons (Fsp3) is 0.533. The van der Waals surface area contributed by atoms with Gasteiger partial charge in [-0.1, -0.05) is 74.0 Å². The van der Waals surface area contributed by atoms with E-state index >= 15 is 0 Å². The van der Waals surface area contributed by atoms with E-state index in [0.29, 0.717) is 48.7 Å². The molecule has 0 radical (unpaired) electrons. The Morgan fingerprint density at radius 2 is 1.80 bits per heavy atom. The molecule has 61 heavy (non-hydrogen) atoms. The molecule has 2 amide bonds. The molecule has 0 aliphatic carbocycles. The van der Waals surface area contributed by atoms with Gasteiger partial charge in [-0.3, -0.25) is 19.2 Å². The molecule has 0 bridgehead atoms. The third-order valence-electron chi connectivity index (χ3n) is 11.1. The number of hydrogen-bond acceptors (Lipinski definition) is 11. The van der Waals surface area contributed by atoms with Crippen molar-refractivity contribution < 1.29 is 48.0 Å². The SMILES string of the molecule is COc1ccc(C[C@H]2NC(=O)/C=C/C[C@@H]([C@@H](C)[C@H]3CCO[C@@H]3c3ccc(Cn4cc(CCCC(=O)O)nn4)cc3)OC(=O)[C@H](CC(C)C)OC(=O)C(C)(C)CNC2=O)cc1Cl. The van der Waals surface area contributed by atoms with Crippen LogP contribution in [0, 0.1) is 23.2 Å². The predicted octanol–water partition coefficient (Wildman–Crippen LogP) is 5.81. The Hall–Kier alpha value is -5.28. The summed E-state index contributed by atoms with van der Waals surface area (Å²) in [4.78, 5) is 65.6. The molecule has 0 saturated carbocycles. The molecule has 2 aliphatic rings. The number of esters is 2. The van der Waals surface area contributed by atoms with Gasteiger partial charge < -0.3 is 34.7 Å². The quantitative estimate of drug-likeness (QED) is 0.165. The largest absolute Gasteiger partial charge is 0.495 e. The van der Waals surface area contributed by atoms with E-state index in [0.717, 1.165) is 16.8 Å². The third kappa shape index (κ3) is 13.4. The predicted molar refractivity (Wildman–Crippen MR) is 226 cm³/mol. The van der Waals surface area contributed by atoms with Crippen LogP contribution in [0.4, 0.5) is 0 Å². The fourth-order valence-electron chi connectivity index (χ4n) is 7.53. The topological polar surface area (TPSA) is 197 Å². The number of amides is 2. The molecule has 1 aromatic heterocycles. The van der Waals surface area contributed by atoms with Crippen LogP contribution < -0.4 is 15.4 Å². The smallest absolute Gasteiger partial charge is 0.347 e. The molecule has 5 rings (SSSR count). The Bertz CT molecular complexity index is 2030. The van der Waals surface area contributed by atoms with Gasteiger partial charge in [-0.15, -0.1) is 5.10 Å². The lowest BCUT2D eigenvalue weighted by atomic mass is 9.80. The maximum atomic E-state index is 14.0. The van der Waals surface area contributed by atoms with Crippen LogP contribution in [-0.2, 0) is 57.6 Å². The monoisotopic (exact) mass is 863 g/mol. The highest BCUT2D eigenvalue weighted by atomic mass is 35.5. The highest BCUT2D eigenvalue weighted by Gasteiger charge is 2.41. The number of nitrogens with zero attached hydrogens (tertiary/aromatic N) is 3. The number of nitrogens with one attached hydrogen (secondary N) is 2. The van der Waals surface area contributed by atoms with Crippen molar-refractivity contribution >= 4 is 41.3 Å². The van der Waals surface area contributed by atoms with Crippen LogP contribution in [0.2, 0.25) is 5.02 Å². The zero-order chi connectivity index (χ0) is 44.3. The Labute approximate surface area is 361 Å². The van der Waals surface area contributed by atoms with Crippen LogP contribution in [0.25, 0.3) is 0 Å². The molecule has 3 N–H and O–H groups in total. The van der Waals surface area contributed by atoms with E-state index in [-0.39, 0.29) is 56.1 Å². The first kappa shape index (κ1) is 46.8. The minimum Gasteiger partial charge on any atom is -0.495 e. The number of aliphatic carboxylic acids is 1. The number of rotatable bonds is 14. The zero-order valence-corrected chi connectivity index (χ0v) is 36.5. The number of cyclic esters (lactones) is 2. The number of methoxy groups -OCH3 is 1. The van der Waals surface area contributed by atoms with E-state index in [9.17, 15) is 24.0 Å². The molecule has 330 valence electrons. The van der Waals surface area contributed by atoms with Crippen LogP contribution in [-0.4, -0.2) is 88.3 Å². The van der Waals surface area contributed by atoms with Crippen molar-refractivity contribution in [1.29, 1.82) is 0 Å². The summed E-state index contributed by atoms with van der Waals surface area (Å²) in [5, 5.41) is 23.2. The van der Waals surface area contributed by atoms with Crippen LogP contribution in [0.5, 0.6) is 5.75 Å². The number of ether oxygens (including phenoxy) is 4. The molecule has 3 heterocycles. The molecule has 2 aliphatic heterocycles. The molecule has 1 saturated heterocycles. The average Bonchev–Trinajstić information content (AvgIpc) is 3.88. The number of aromatic nitrogens is 3. The van der Waals surface area contributed by atoms with Crippen molar-refractivity contribution in [3.05, 3.63) is 88.2 Å². The summed E-state index contributed by atoms with van der Waals surface area (Å²) < 4.78 is 25.4. The van der Waals surface area contributed by atoms with Gasteiger partial charge in [-0.2, -0.15) is 0 Å². The van der Waals surface area contributed by atoms with E-state index in [1.165, 1.54) is 13.2 Å². The first-order valence-electron chi connectivity index (χ1n) is 20.8. The lowest BCUT2D eigenvalue weighted by Crippen LogP contribution is -2.51. The first-order valence-corrected chi connectivity index (χ1v) is 21.2. The van der Waals surface area contributed by atoms with E-state index in [4.69, 9.17) is 35.7 Å². The Morgan fingerprint density at radius 3 is 2.49 bits per heavy atom. The Kier molecular flexibility index (Phi) is 16.5. The van der Waals surface area contributed by atoms with Crippen LogP contribution >= 0.6 is 11.6 Å². The normalized spacial score (nSPS) is 23.7. The van der Waals surface area contributed by atoms with E-state index in [2.05, 4.69) is 20.9 Å². The first-order chi connectivity index (χ1) is 29.0. The van der Waals surface area contributed by atoms with Crippen molar-refractivity contribution in [3.8, 4) is 5.75 Å². The standard InChI is InChI=1S/C45H58ClN5O10/c1-27(2)21-38-43(56)60-36(28(3)33-19-20-59-41(33)31-16-13-29(14-17-31)24-51-25-32(49-50-51)9-7-12-40(53)54)10-8-11-39(52)48-35(23-30-15-18-37(58-6)34(46)22-30)42(55)47-26-45(4,5)44(57)61-38/h8,11,13-18,22,25,27-28,33,35-36,38,41H,7,9-10,12,19-21,23-24,26H2,1-6H3,(H,47,55)(H,48,52)(H,53,54)/b11-8+/t28-,33+,35+,36-,38-,41+/m0/s1. The second-order valence-electron chi connectivity index (χ2n) is 17.0. The van der Waals surface area contributed by atoms with Gasteiger partial charge in [-0.05, 0) is 92.2 Å². The van der Waals surface area contributed by atoms with Crippen LogP contribution in [0.3, 0.4) is 0 Å². The number of carboxylic acid groups (broad SMARTS) is 1. The van der Waals surface area contributed by atoms with Crippen molar-refractivity contribution in [3.63, 3.8) is 0 Å². The number of halogens is 1. The summed E-state index contributed by atoms with van der Waals surface area (Å²) in [5.74, 6) is -3.12. The van der Waals surface area contributed by atoms with Crippen LogP contribution in [0.15, 0.2) is 60.8 Å². The van der Waals surface area contributed by atoms with Gasteiger partial charge >= 0.3 is 17.9 Å². The molecule has 0 spiro atoms. The van der Waals surface area contributed by atoms with Crippen LogP contribution in [0.1, 0.15) is 95.2 Å². The van der Waals surface area contributed by atoms with Crippen molar-refractivity contribution in [2.24, 2.45) is 23.2 Å². The van der Waals surface area contributed by atoms with Gasteiger partial charge in [0.1, 0.15) is 17.9 Å². The lowest BCUT2D eigenvalue weighted by Gasteiger charge is -2.33. The third-order valence-corrected chi connectivity index (χ3v) is 11.4. The van der Waals surface area contributed by atoms with E-state index in [1.807, 2.05) is 51.2 Å². The number of carboxylic acids is 1. The van der Waals surface area contributed by atoms with Gasteiger partial charge in [0.15, 0.2) is 6.10 Å². The van der Waals surface area contributed by atoms with Crippen molar-refractivity contribution in [1.82, 2.24) is 25.6 Å². The molecule has 1 fully saturated rings. The lowest BCUT2D eigenvalue weighted by molar-refractivity contribution is -0.179. The average molecular weight is 864 g/mol. The molecule has 15 nitrogen and oxygen atoms in total. The molecule has 2 aromatic carbocycles. The summed E-state index contributed by atoms with van der Waals surface area (Å²) in [6, 6.07) is 12.1. The Balaban J connectivity index is 1.36. The number of benzene rings is 2. The summed E-state index contributed by atoms with van der Waals surface area (Å²) >= 11 is 6.37. The van der Waals surface area contributed by atoms with Gasteiger partial charge in [0.2, 0.25) is 11.8 Å². The number of carbonyl (C=O) groups excluding carboxylic acids is 4. The number of hydrogen-bond donors (Lipinski definition) is 3. The summed E-state index contributed by atoms with van der Waals surface area (Å²) in [6.45, 7) is 9.92. The maximum absolute atomic E-state index is 14.0. The van der Waals surface area contributed by atoms with Gasteiger partial charge in [0.25, 0.3) is 0 Å². The molecule has 6 atom stereocenters. The van der Waals surface area contributed by atoms with E-state index in [1.54, 1.807) is 42.8 Å². The minimum absolute atomic E-state index is 0.0172. The highest BCUT2D eigenvalue weighted by Crippen LogP contribution is 2.42.